The average molecular weight is 451 g/mol. The Morgan fingerprint density at radius 1 is 0.406 bits per heavy atom. The number of aliphatic hydroxyl groups is 2. The number of ether oxygens (including phenoxy) is 2. The Balaban J connectivity index is 1.99. The van der Waals surface area contributed by atoms with Gasteiger partial charge in [0.1, 0.15) is 0 Å². The van der Waals surface area contributed by atoms with E-state index in [1.54, 1.807) is 0 Å². The lowest BCUT2D eigenvalue weighted by molar-refractivity contribution is 0.258. The topological polar surface area (TPSA) is 58.9 Å². The Morgan fingerprint density at radius 3 is 1.00 bits per heavy atom. The zero-order chi connectivity index (χ0) is 23.0. The highest BCUT2D eigenvalue weighted by molar-refractivity contribution is 5.39. The Kier molecular flexibility index (Phi) is 20.6. The fourth-order valence-corrected chi connectivity index (χ4v) is 3.96. The summed E-state index contributed by atoms with van der Waals surface area (Å²) in [5, 5.41) is 17.6. The van der Waals surface area contributed by atoms with Crippen LogP contribution < -0.4 is 9.47 Å². The predicted octanol–water partition coefficient (Wildman–Crippen LogP) is 7.45. The summed E-state index contributed by atoms with van der Waals surface area (Å²) in [7, 11) is 0. The second-order valence-corrected chi connectivity index (χ2v) is 8.95. The molecule has 0 aliphatic rings. The van der Waals surface area contributed by atoms with E-state index in [2.05, 4.69) is 0 Å². The van der Waals surface area contributed by atoms with Gasteiger partial charge < -0.3 is 19.7 Å². The number of aliphatic hydroxyl groups excluding tert-OH is 2. The van der Waals surface area contributed by atoms with Crippen LogP contribution in [0, 0.1) is 0 Å². The van der Waals surface area contributed by atoms with Gasteiger partial charge in [-0.1, -0.05) is 102 Å². The highest BCUT2D eigenvalue weighted by atomic mass is 16.5. The summed E-state index contributed by atoms with van der Waals surface area (Å²) in [6.45, 7) is 2.19. The molecule has 1 aromatic rings. The van der Waals surface area contributed by atoms with Gasteiger partial charge in [0.25, 0.3) is 0 Å². The molecule has 0 aliphatic heterocycles. The van der Waals surface area contributed by atoms with Crippen molar-refractivity contribution in [3.8, 4) is 11.5 Å². The van der Waals surface area contributed by atoms with Gasteiger partial charge in [0, 0.05) is 13.2 Å². The summed E-state index contributed by atoms with van der Waals surface area (Å²) in [5.74, 6) is 1.75. The van der Waals surface area contributed by atoms with Crippen molar-refractivity contribution in [2.24, 2.45) is 0 Å². The smallest absolute Gasteiger partial charge is 0.161 e. The SMILES string of the molecule is OCCCCCCCCCCCOc1ccccc1OCCCCCCCCCCCO. The Labute approximate surface area is 197 Å². The summed E-state index contributed by atoms with van der Waals surface area (Å²) in [4.78, 5) is 0. The van der Waals surface area contributed by atoms with Crippen LogP contribution in [-0.2, 0) is 0 Å². The summed E-state index contributed by atoms with van der Waals surface area (Å²) < 4.78 is 12.0. The third kappa shape index (κ3) is 17.3. The lowest BCUT2D eigenvalue weighted by atomic mass is 10.1. The van der Waals surface area contributed by atoms with E-state index in [0.717, 1.165) is 50.4 Å². The zero-order valence-corrected chi connectivity index (χ0v) is 20.6. The van der Waals surface area contributed by atoms with Crippen molar-refractivity contribution < 1.29 is 19.7 Å². The molecule has 1 aromatic carbocycles. The van der Waals surface area contributed by atoms with Gasteiger partial charge >= 0.3 is 0 Å². The first kappa shape index (κ1) is 28.8. The van der Waals surface area contributed by atoms with E-state index in [-0.39, 0.29) is 0 Å². The summed E-state index contributed by atoms with van der Waals surface area (Å²) >= 11 is 0. The van der Waals surface area contributed by atoms with E-state index >= 15 is 0 Å². The molecule has 32 heavy (non-hydrogen) atoms. The maximum Gasteiger partial charge on any atom is 0.161 e. The molecule has 0 aliphatic carbocycles. The Morgan fingerprint density at radius 2 is 0.688 bits per heavy atom. The minimum Gasteiger partial charge on any atom is -0.490 e. The number of hydrogen-bond donors (Lipinski definition) is 2. The third-order valence-corrected chi connectivity index (χ3v) is 5.97. The molecule has 0 saturated carbocycles. The van der Waals surface area contributed by atoms with Crippen LogP contribution in [0.4, 0.5) is 0 Å². The van der Waals surface area contributed by atoms with E-state index in [0.29, 0.717) is 13.2 Å². The molecule has 186 valence electrons. The number of rotatable bonds is 24. The van der Waals surface area contributed by atoms with Crippen LogP contribution in [0.25, 0.3) is 0 Å². The zero-order valence-electron chi connectivity index (χ0n) is 20.6. The molecule has 0 aromatic heterocycles. The van der Waals surface area contributed by atoms with E-state index in [1.165, 1.54) is 89.9 Å². The standard InChI is InChI=1S/C28H50O4/c29-23-17-11-7-3-1-5-9-13-19-25-31-27-21-15-16-22-28(27)32-26-20-14-10-6-2-4-8-12-18-24-30/h15-16,21-22,29-30H,1-14,17-20,23-26H2. The van der Waals surface area contributed by atoms with Crippen LogP contribution in [0.2, 0.25) is 0 Å². The first-order valence-electron chi connectivity index (χ1n) is 13.4. The molecule has 0 atom stereocenters. The van der Waals surface area contributed by atoms with Crippen molar-refractivity contribution in [2.45, 2.75) is 116 Å². The molecule has 0 amide bonds. The lowest BCUT2D eigenvalue weighted by Crippen LogP contribution is -2.02. The molecule has 0 unspecified atom stereocenters. The van der Waals surface area contributed by atoms with Crippen LogP contribution in [0.5, 0.6) is 11.5 Å². The molecule has 0 radical (unpaired) electrons. The number of benzene rings is 1. The van der Waals surface area contributed by atoms with Crippen molar-refractivity contribution in [3.05, 3.63) is 24.3 Å². The van der Waals surface area contributed by atoms with Gasteiger partial charge in [0.15, 0.2) is 11.5 Å². The highest BCUT2D eigenvalue weighted by Gasteiger charge is 2.04. The number of unbranched alkanes of at least 4 members (excludes halogenated alkanes) is 16. The summed E-state index contributed by atoms with van der Waals surface area (Å²) in [5.41, 5.74) is 0. The van der Waals surface area contributed by atoms with Crippen molar-refractivity contribution in [2.75, 3.05) is 26.4 Å². The fourth-order valence-electron chi connectivity index (χ4n) is 3.96. The largest absolute Gasteiger partial charge is 0.490 e. The van der Waals surface area contributed by atoms with Gasteiger partial charge in [-0.25, -0.2) is 0 Å². The van der Waals surface area contributed by atoms with Gasteiger partial charge in [0.05, 0.1) is 13.2 Å². The van der Waals surface area contributed by atoms with E-state index in [4.69, 9.17) is 19.7 Å². The Bertz CT molecular complexity index is 461. The van der Waals surface area contributed by atoms with Gasteiger partial charge in [-0.3, -0.25) is 0 Å². The number of para-hydroxylation sites is 2. The maximum atomic E-state index is 8.78. The molecular weight excluding hydrogens is 400 g/mol. The second-order valence-electron chi connectivity index (χ2n) is 8.95. The van der Waals surface area contributed by atoms with E-state index in [9.17, 15) is 0 Å². The first-order chi connectivity index (χ1) is 15.9. The molecule has 4 heteroatoms. The van der Waals surface area contributed by atoms with Gasteiger partial charge in [-0.15, -0.1) is 0 Å². The monoisotopic (exact) mass is 450 g/mol. The summed E-state index contributed by atoms with van der Waals surface area (Å²) in [6, 6.07) is 8.05. The van der Waals surface area contributed by atoms with Crippen molar-refractivity contribution in [3.63, 3.8) is 0 Å². The maximum absolute atomic E-state index is 8.78. The number of hydrogen-bond acceptors (Lipinski definition) is 4. The minimum atomic E-state index is 0.335. The normalized spacial score (nSPS) is 11.1. The lowest BCUT2D eigenvalue weighted by Gasteiger charge is -2.12. The van der Waals surface area contributed by atoms with Crippen molar-refractivity contribution in [1.82, 2.24) is 0 Å². The molecule has 2 N–H and O–H groups in total. The molecular formula is C28H50O4. The van der Waals surface area contributed by atoms with Crippen LogP contribution in [0.1, 0.15) is 116 Å². The van der Waals surface area contributed by atoms with Gasteiger partial charge in [-0.2, -0.15) is 0 Å². The summed E-state index contributed by atoms with van der Waals surface area (Å²) in [6.07, 6.45) is 21.8. The van der Waals surface area contributed by atoms with E-state index < -0.39 is 0 Å². The van der Waals surface area contributed by atoms with Crippen LogP contribution in [0.3, 0.4) is 0 Å². The molecule has 0 saturated heterocycles. The molecule has 1 rings (SSSR count). The van der Waals surface area contributed by atoms with Crippen LogP contribution >= 0.6 is 0 Å². The molecule has 4 nitrogen and oxygen atoms in total. The van der Waals surface area contributed by atoms with Gasteiger partial charge in [-0.05, 0) is 37.8 Å². The van der Waals surface area contributed by atoms with Crippen molar-refractivity contribution >= 4 is 0 Å². The average Bonchev–Trinajstić information content (AvgIpc) is 2.81. The first-order valence-corrected chi connectivity index (χ1v) is 13.4. The Hall–Kier alpha value is -1.26. The van der Waals surface area contributed by atoms with Crippen LogP contribution in [-0.4, -0.2) is 36.6 Å². The molecule has 0 bridgehead atoms. The predicted molar refractivity (Wildman–Crippen MR) is 135 cm³/mol. The van der Waals surface area contributed by atoms with Crippen molar-refractivity contribution in [1.29, 1.82) is 0 Å². The third-order valence-electron chi connectivity index (χ3n) is 5.97. The highest BCUT2D eigenvalue weighted by Crippen LogP contribution is 2.27. The van der Waals surface area contributed by atoms with Gasteiger partial charge in [0.2, 0.25) is 0 Å². The van der Waals surface area contributed by atoms with E-state index in [1.807, 2.05) is 24.3 Å². The fraction of sp³-hybridized carbons (Fsp3) is 0.786. The molecule has 0 fully saturated rings. The van der Waals surface area contributed by atoms with Crippen LogP contribution in [0.15, 0.2) is 24.3 Å². The molecule has 0 heterocycles. The molecule has 0 spiro atoms. The quantitative estimate of drug-likeness (QED) is 0.161. The second kappa shape index (κ2) is 22.9. The minimum absolute atomic E-state index is 0.335.